The molecule has 3 aliphatic rings. The van der Waals surface area contributed by atoms with Crippen molar-refractivity contribution in [2.75, 3.05) is 18.2 Å². The lowest BCUT2D eigenvalue weighted by molar-refractivity contribution is -0.172. The summed E-state index contributed by atoms with van der Waals surface area (Å²) in [5, 5.41) is 24.5. The first kappa shape index (κ1) is 23.7. The minimum absolute atomic E-state index is 0.00746. The van der Waals surface area contributed by atoms with Gasteiger partial charge in [-0.3, -0.25) is 23.8 Å². The number of carbonyl (C=O) groups is 4. The van der Waals surface area contributed by atoms with E-state index in [2.05, 4.69) is 10.3 Å². The van der Waals surface area contributed by atoms with Crippen molar-refractivity contribution in [3.8, 4) is 0 Å². The summed E-state index contributed by atoms with van der Waals surface area (Å²) in [4.78, 5) is 55.2. The first-order valence-corrected chi connectivity index (χ1v) is 13.5. The van der Waals surface area contributed by atoms with Crippen molar-refractivity contribution in [1.82, 2.24) is 20.0 Å². The molecule has 2 amide bonds. The molecule has 0 spiro atoms. The SMILES string of the molecule is CC(=O)OC1(C2=C(C(=O)O)N3C(=O)C[C@H]3SC2)NC(=O)C(C)(c2csc(N)n2)N(O)P1(C)=O. The molecule has 0 aliphatic carbocycles. The summed E-state index contributed by atoms with van der Waals surface area (Å²) in [5.74, 6) is -4.11. The Morgan fingerprint density at radius 2 is 2.09 bits per heavy atom. The second-order valence-electron chi connectivity index (χ2n) is 7.87. The lowest BCUT2D eigenvalue weighted by Crippen LogP contribution is -2.69. The van der Waals surface area contributed by atoms with Gasteiger partial charge in [-0.1, -0.05) is 0 Å². The van der Waals surface area contributed by atoms with Crippen LogP contribution in [0.5, 0.6) is 0 Å². The van der Waals surface area contributed by atoms with Crippen LogP contribution in [0.3, 0.4) is 0 Å². The lowest BCUT2D eigenvalue weighted by Gasteiger charge is -2.54. The highest BCUT2D eigenvalue weighted by Crippen LogP contribution is 2.67. The average Bonchev–Trinajstić information content (AvgIpc) is 3.15. The van der Waals surface area contributed by atoms with E-state index in [0.29, 0.717) is 0 Å². The number of hydroxylamine groups is 1. The van der Waals surface area contributed by atoms with Crippen LogP contribution in [0.1, 0.15) is 26.0 Å². The highest BCUT2D eigenvalue weighted by Gasteiger charge is 2.69. The number of hydrogen-bond donors (Lipinski definition) is 4. The average molecular weight is 517 g/mol. The summed E-state index contributed by atoms with van der Waals surface area (Å²) in [6, 6.07) is 0. The van der Waals surface area contributed by atoms with Gasteiger partial charge in [0.1, 0.15) is 5.70 Å². The molecule has 16 heteroatoms. The molecule has 0 aromatic carbocycles. The number of hydrogen-bond acceptors (Lipinski definition) is 11. The number of rotatable bonds is 4. The molecule has 0 radical (unpaired) electrons. The molecule has 0 saturated carbocycles. The molecular weight excluding hydrogens is 497 g/mol. The van der Waals surface area contributed by atoms with Crippen molar-refractivity contribution in [2.24, 2.45) is 0 Å². The Morgan fingerprint density at radius 3 is 2.61 bits per heavy atom. The molecule has 2 saturated heterocycles. The van der Waals surface area contributed by atoms with Gasteiger partial charge in [-0.25, -0.2) is 9.78 Å². The predicted octanol–water partition coefficient (Wildman–Crippen LogP) is 0.530. The van der Waals surface area contributed by atoms with E-state index in [-0.39, 0.29) is 33.4 Å². The van der Waals surface area contributed by atoms with E-state index in [9.17, 15) is 34.1 Å². The first-order valence-electron chi connectivity index (χ1n) is 9.48. The van der Waals surface area contributed by atoms with Crippen molar-refractivity contribution >= 4 is 59.3 Å². The summed E-state index contributed by atoms with van der Waals surface area (Å²) < 4.78 is 19.6. The Hall–Kier alpha value is -2.45. The van der Waals surface area contributed by atoms with Gasteiger partial charge < -0.3 is 26.1 Å². The number of fused-ring (bicyclic) bond motifs is 1. The summed E-state index contributed by atoms with van der Waals surface area (Å²) in [6.45, 7) is 3.28. The zero-order chi connectivity index (χ0) is 24.5. The van der Waals surface area contributed by atoms with E-state index in [0.717, 1.165) is 41.6 Å². The van der Waals surface area contributed by atoms with Gasteiger partial charge in [-0.15, -0.1) is 27.9 Å². The minimum atomic E-state index is -4.41. The maximum Gasteiger partial charge on any atom is 0.352 e. The Balaban J connectivity index is 1.95. The Kier molecular flexibility index (Phi) is 5.41. The third-order valence-corrected chi connectivity index (χ3v) is 10.5. The van der Waals surface area contributed by atoms with Crippen molar-refractivity contribution in [2.45, 2.75) is 36.6 Å². The highest BCUT2D eigenvalue weighted by atomic mass is 32.2. The zero-order valence-corrected chi connectivity index (χ0v) is 20.1. The molecule has 0 bridgehead atoms. The van der Waals surface area contributed by atoms with E-state index < -0.39 is 53.1 Å². The standard InChI is InChI=1S/C17H20N5O8PS2/c1-7(23)30-17(8-5-32-11-4-10(24)21(11)12(8)13(25)26)20-14(27)16(2,22(28)31(17,3)29)9-6-33-15(18)19-9/h6,11,28H,4-5H2,1-3H3,(H2,18,19)(H,20,27)(H,25,26)/t11-,16?,17?,31?/m1/s1. The van der Waals surface area contributed by atoms with Crippen LogP contribution >= 0.6 is 30.4 Å². The molecular formula is C17H20N5O8PS2. The fourth-order valence-corrected chi connectivity index (χ4v) is 8.71. The van der Waals surface area contributed by atoms with Crippen LogP contribution in [0.4, 0.5) is 5.13 Å². The molecule has 13 nitrogen and oxygen atoms in total. The minimum Gasteiger partial charge on any atom is -0.477 e. The number of ether oxygens (including phenoxy) is 1. The van der Waals surface area contributed by atoms with E-state index >= 15 is 0 Å². The number of aromatic nitrogens is 1. The van der Waals surface area contributed by atoms with Gasteiger partial charge in [0.15, 0.2) is 10.7 Å². The van der Waals surface area contributed by atoms with Crippen molar-refractivity contribution in [3.63, 3.8) is 0 Å². The van der Waals surface area contributed by atoms with E-state index in [1.54, 1.807) is 0 Å². The lowest BCUT2D eigenvalue weighted by atomic mass is 9.97. The van der Waals surface area contributed by atoms with Crippen molar-refractivity contribution < 1.29 is 38.8 Å². The molecule has 33 heavy (non-hydrogen) atoms. The molecule has 4 rings (SSSR count). The van der Waals surface area contributed by atoms with Gasteiger partial charge in [0.25, 0.3) is 11.4 Å². The Bertz CT molecular complexity index is 1190. The monoisotopic (exact) mass is 517 g/mol. The van der Waals surface area contributed by atoms with Gasteiger partial charge in [-0.2, -0.15) is 0 Å². The fourth-order valence-electron chi connectivity index (χ4n) is 4.09. The van der Waals surface area contributed by atoms with E-state index in [1.807, 2.05) is 0 Å². The van der Waals surface area contributed by atoms with E-state index in [4.69, 9.17) is 10.5 Å². The molecule has 3 unspecified atom stereocenters. The van der Waals surface area contributed by atoms with Crippen LogP contribution in [0.25, 0.3) is 0 Å². The molecule has 1 aromatic rings. The highest BCUT2D eigenvalue weighted by molar-refractivity contribution is 8.00. The zero-order valence-electron chi connectivity index (χ0n) is 17.6. The van der Waals surface area contributed by atoms with Gasteiger partial charge in [0, 0.05) is 30.3 Å². The van der Waals surface area contributed by atoms with E-state index in [1.165, 1.54) is 12.3 Å². The molecule has 4 heterocycles. The molecule has 3 aliphatic heterocycles. The number of amides is 2. The topological polar surface area (TPSA) is 192 Å². The molecule has 178 valence electrons. The number of thioether (sulfide) groups is 1. The summed E-state index contributed by atoms with van der Waals surface area (Å²) in [5.41, 5.74) is 0.282. The fraction of sp³-hybridized carbons (Fsp3) is 0.471. The summed E-state index contributed by atoms with van der Waals surface area (Å²) >= 11 is 2.15. The van der Waals surface area contributed by atoms with Gasteiger partial charge >= 0.3 is 11.9 Å². The number of carboxylic acids is 1. The molecule has 2 fully saturated rings. The number of carboxylic acid groups (broad SMARTS) is 1. The number of nitrogens with two attached hydrogens (primary N) is 1. The van der Waals surface area contributed by atoms with Crippen LogP contribution in [0, 0.1) is 0 Å². The summed E-state index contributed by atoms with van der Waals surface area (Å²) in [6.07, 6.45) is 0.112. The number of carbonyl (C=O) groups excluding carboxylic acids is 3. The number of nitrogens with zero attached hydrogens (tertiary/aromatic N) is 3. The van der Waals surface area contributed by atoms with Crippen LogP contribution in [-0.4, -0.2) is 72.0 Å². The summed E-state index contributed by atoms with van der Waals surface area (Å²) in [7, 11) is -4.41. The number of β-lactam (4-membered cyclic amide) rings is 1. The van der Waals surface area contributed by atoms with Crippen LogP contribution in [-0.2, 0) is 34.0 Å². The molecule has 5 N–H and O–H groups in total. The smallest absolute Gasteiger partial charge is 0.352 e. The maximum absolute atomic E-state index is 14.2. The Morgan fingerprint density at radius 1 is 1.42 bits per heavy atom. The number of thiazole rings is 1. The predicted molar refractivity (Wildman–Crippen MR) is 116 cm³/mol. The quantitative estimate of drug-likeness (QED) is 0.246. The van der Waals surface area contributed by atoms with Crippen molar-refractivity contribution in [3.05, 3.63) is 22.3 Å². The number of aliphatic carboxylic acids is 1. The van der Waals surface area contributed by atoms with Gasteiger partial charge in [-0.05, 0) is 6.92 Å². The maximum atomic E-state index is 14.2. The second kappa shape index (κ2) is 7.53. The largest absolute Gasteiger partial charge is 0.477 e. The number of nitrogen functional groups attached to an aromatic ring is 1. The number of nitrogens with one attached hydrogen (secondary N) is 1. The third-order valence-electron chi connectivity index (χ3n) is 5.85. The normalized spacial score (nSPS) is 34.4. The molecule has 1 aromatic heterocycles. The van der Waals surface area contributed by atoms with Crippen LogP contribution < -0.4 is 11.1 Å². The number of esters is 1. The van der Waals surface area contributed by atoms with Gasteiger partial charge in [0.2, 0.25) is 13.2 Å². The first-order chi connectivity index (χ1) is 15.3. The Labute approximate surface area is 195 Å². The van der Waals surface area contributed by atoms with Crippen LogP contribution in [0.2, 0.25) is 0 Å². The second-order valence-corrected chi connectivity index (χ2v) is 12.7. The van der Waals surface area contributed by atoms with Gasteiger partial charge in [0.05, 0.1) is 17.5 Å². The molecule has 4 atom stereocenters. The van der Waals surface area contributed by atoms with Crippen molar-refractivity contribution in [1.29, 1.82) is 0 Å². The van der Waals surface area contributed by atoms with Crippen LogP contribution in [0.15, 0.2) is 16.7 Å². The third kappa shape index (κ3) is 3.14. The number of anilines is 1.